The van der Waals surface area contributed by atoms with E-state index in [-0.39, 0.29) is 23.1 Å². The van der Waals surface area contributed by atoms with Crippen LogP contribution in [0.1, 0.15) is 34.6 Å². The van der Waals surface area contributed by atoms with Crippen LogP contribution >= 0.6 is 0 Å². The summed E-state index contributed by atoms with van der Waals surface area (Å²) in [5.41, 5.74) is 1.57. The number of aromatic nitrogens is 2. The Morgan fingerprint density at radius 1 is 1.17 bits per heavy atom. The van der Waals surface area contributed by atoms with E-state index in [9.17, 15) is 13.2 Å². The molecule has 0 spiro atoms. The lowest BCUT2D eigenvalue weighted by Gasteiger charge is -2.31. The standard InChI is InChI=1S/C22H25N3O4S/c1-14-22(15(2)24-23-14)30(27,28)25-10-4-5-19(13-25)21(26)18-7-6-17-12-20(29-3)9-8-16(17)11-18/h6-9,11-12,19H,4-5,10,13H2,1-3H3,(H,23,24). The van der Waals surface area contributed by atoms with Crippen molar-refractivity contribution in [1.82, 2.24) is 14.5 Å². The first-order valence-electron chi connectivity index (χ1n) is 9.95. The molecule has 0 radical (unpaired) electrons. The van der Waals surface area contributed by atoms with E-state index in [0.717, 1.165) is 16.5 Å². The maximum atomic E-state index is 13.2. The maximum absolute atomic E-state index is 13.2. The molecule has 1 saturated heterocycles. The molecule has 0 bridgehead atoms. The molecule has 3 aromatic rings. The SMILES string of the molecule is COc1ccc2cc(C(=O)C3CCCN(S(=O)(=O)c4c(C)n[nH]c4C)C3)ccc2c1. The number of aryl methyl sites for hydroxylation is 2. The van der Waals surface area contributed by atoms with Gasteiger partial charge in [-0.3, -0.25) is 9.89 Å². The van der Waals surface area contributed by atoms with E-state index in [1.54, 1.807) is 21.0 Å². The molecule has 7 nitrogen and oxygen atoms in total. The smallest absolute Gasteiger partial charge is 0.246 e. The van der Waals surface area contributed by atoms with Crippen LogP contribution in [-0.2, 0) is 10.0 Å². The molecule has 4 rings (SSSR count). The Morgan fingerprint density at radius 2 is 1.90 bits per heavy atom. The van der Waals surface area contributed by atoms with Gasteiger partial charge < -0.3 is 4.74 Å². The van der Waals surface area contributed by atoms with Crippen LogP contribution in [0, 0.1) is 19.8 Å². The molecule has 30 heavy (non-hydrogen) atoms. The zero-order valence-electron chi connectivity index (χ0n) is 17.3. The summed E-state index contributed by atoms with van der Waals surface area (Å²) in [6.07, 6.45) is 1.32. The van der Waals surface area contributed by atoms with Crippen LogP contribution in [0.3, 0.4) is 0 Å². The van der Waals surface area contributed by atoms with Crippen molar-refractivity contribution in [2.75, 3.05) is 20.2 Å². The summed E-state index contributed by atoms with van der Waals surface area (Å²) in [4.78, 5) is 13.4. The fourth-order valence-corrected chi connectivity index (χ4v) is 6.02. The highest BCUT2D eigenvalue weighted by atomic mass is 32.2. The van der Waals surface area contributed by atoms with Crippen molar-refractivity contribution in [2.24, 2.45) is 5.92 Å². The number of rotatable bonds is 5. The number of piperidine rings is 1. The van der Waals surface area contributed by atoms with Gasteiger partial charge in [0, 0.05) is 24.6 Å². The molecular formula is C22H25N3O4S. The number of hydrogen-bond acceptors (Lipinski definition) is 5. The average molecular weight is 428 g/mol. The molecule has 1 N–H and O–H groups in total. The minimum Gasteiger partial charge on any atom is -0.497 e. The third-order valence-electron chi connectivity index (χ3n) is 5.75. The first kappa shape index (κ1) is 20.6. The second kappa shape index (κ2) is 7.85. The highest BCUT2D eigenvalue weighted by Gasteiger charge is 2.36. The monoisotopic (exact) mass is 427 g/mol. The summed E-state index contributed by atoms with van der Waals surface area (Å²) in [6, 6.07) is 11.3. The zero-order chi connectivity index (χ0) is 21.5. The molecule has 0 aliphatic carbocycles. The predicted octanol–water partition coefficient (Wildman–Crippen LogP) is 3.47. The Kier molecular flexibility index (Phi) is 5.38. The van der Waals surface area contributed by atoms with Gasteiger partial charge in [0.05, 0.1) is 18.5 Å². The molecule has 1 aliphatic rings. The number of carbonyl (C=O) groups is 1. The molecule has 8 heteroatoms. The molecular weight excluding hydrogens is 402 g/mol. The third kappa shape index (κ3) is 3.61. The van der Waals surface area contributed by atoms with Crippen molar-refractivity contribution in [3.8, 4) is 5.75 Å². The number of methoxy groups -OCH3 is 1. The molecule has 0 saturated carbocycles. The fourth-order valence-electron chi connectivity index (χ4n) is 4.16. The summed E-state index contributed by atoms with van der Waals surface area (Å²) in [7, 11) is -2.08. The average Bonchev–Trinajstić information content (AvgIpc) is 3.11. The highest BCUT2D eigenvalue weighted by molar-refractivity contribution is 7.89. The number of ether oxygens (including phenoxy) is 1. The van der Waals surface area contributed by atoms with Crippen LogP contribution in [0.2, 0.25) is 0 Å². The molecule has 1 aliphatic heterocycles. The minimum atomic E-state index is -3.70. The molecule has 0 amide bonds. The number of ketones is 1. The lowest BCUT2D eigenvalue weighted by molar-refractivity contribution is 0.0872. The van der Waals surface area contributed by atoms with Crippen LogP contribution in [0.15, 0.2) is 41.3 Å². The fraction of sp³-hybridized carbons (Fsp3) is 0.364. The highest BCUT2D eigenvalue weighted by Crippen LogP contribution is 2.29. The van der Waals surface area contributed by atoms with E-state index in [1.807, 2.05) is 36.4 Å². The normalized spacial score (nSPS) is 17.9. The van der Waals surface area contributed by atoms with Crippen LogP contribution in [-0.4, -0.2) is 48.9 Å². The second-order valence-electron chi connectivity index (χ2n) is 7.76. The predicted molar refractivity (Wildman–Crippen MR) is 114 cm³/mol. The second-order valence-corrected chi connectivity index (χ2v) is 9.63. The van der Waals surface area contributed by atoms with Crippen molar-refractivity contribution in [1.29, 1.82) is 0 Å². The molecule has 1 fully saturated rings. The van der Waals surface area contributed by atoms with Gasteiger partial charge in [-0.05, 0) is 55.7 Å². The molecule has 2 heterocycles. The van der Waals surface area contributed by atoms with Gasteiger partial charge in [-0.25, -0.2) is 8.42 Å². The Balaban J connectivity index is 1.59. The number of H-pyrrole nitrogens is 1. The summed E-state index contributed by atoms with van der Waals surface area (Å²) in [5.74, 6) is 0.379. The zero-order valence-corrected chi connectivity index (χ0v) is 18.1. The van der Waals surface area contributed by atoms with E-state index in [2.05, 4.69) is 10.2 Å². The van der Waals surface area contributed by atoms with E-state index >= 15 is 0 Å². The van der Waals surface area contributed by atoms with Gasteiger partial charge in [-0.2, -0.15) is 9.40 Å². The number of Topliss-reactive ketones (excluding diaryl/α,β-unsaturated/α-hetero) is 1. The van der Waals surface area contributed by atoms with Crippen molar-refractivity contribution in [2.45, 2.75) is 31.6 Å². The van der Waals surface area contributed by atoms with E-state index in [0.29, 0.717) is 36.3 Å². The minimum absolute atomic E-state index is 0.0201. The number of nitrogens with zero attached hydrogens (tertiary/aromatic N) is 2. The number of carbonyl (C=O) groups excluding carboxylic acids is 1. The Labute approximate surface area is 176 Å². The van der Waals surface area contributed by atoms with Gasteiger partial charge in [0.1, 0.15) is 10.6 Å². The van der Waals surface area contributed by atoms with Gasteiger partial charge in [0.2, 0.25) is 10.0 Å². The molecule has 1 unspecified atom stereocenters. The summed E-state index contributed by atoms with van der Waals surface area (Å²) < 4.78 is 33.0. The number of benzene rings is 2. The Morgan fingerprint density at radius 3 is 2.60 bits per heavy atom. The quantitative estimate of drug-likeness (QED) is 0.630. The first-order chi connectivity index (χ1) is 14.3. The number of fused-ring (bicyclic) bond motifs is 1. The largest absolute Gasteiger partial charge is 0.497 e. The van der Waals surface area contributed by atoms with Crippen LogP contribution in [0.4, 0.5) is 0 Å². The van der Waals surface area contributed by atoms with E-state index in [1.165, 1.54) is 4.31 Å². The topological polar surface area (TPSA) is 92.4 Å². The van der Waals surface area contributed by atoms with Crippen LogP contribution in [0.25, 0.3) is 10.8 Å². The number of nitrogens with one attached hydrogen (secondary N) is 1. The molecule has 1 aromatic heterocycles. The van der Waals surface area contributed by atoms with Gasteiger partial charge in [-0.15, -0.1) is 0 Å². The van der Waals surface area contributed by atoms with Crippen molar-refractivity contribution < 1.29 is 17.9 Å². The lowest BCUT2D eigenvalue weighted by atomic mass is 9.90. The molecule has 1 atom stereocenters. The number of hydrogen-bond donors (Lipinski definition) is 1. The Hall–Kier alpha value is -2.71. The van der Waals surface area contributed by atoms with E-state index in [4.69, 9.17) is 4.74 Å². The first-order valence-corrected chi connectivity index (χ1v) is 11.4. The summed E-state index contributed by atoms with van der Waals surface area (Å²) in [6.45, 7) is 3.97. The third-order valence-corrected chi connectivity index (χ3v) is 7.87. The van der Waals surface area contributed by atoms with Gasteiger partial charge in [0.15, 0.2) is 5.78 Å². The van der Waals surface area contributed by atoms with Crippen LogP contribution < -0.4 is 4.74 Å². The maximum Gasteiger partial charge on any atom is 0.246 e. The summed E-state index contributed by atoms with van der Waals surface area (Å²) in [5, 5.41) is 8.69. The summed E-state index contributed by atoms with van der Waals surface area (Å²) >= 11 is 0. The Bertz CT molecular complexity index is 1200. The number of aromatic amines is 1. The lowest BCUT2D eigenvalue weighted by Crippen LogP contribution is -2.42. The van der Waals surface area contributed by atoms with Crippen LogP contribution in [0.5, 0.6) is 5.75 Å². The van der Waals surface area contributed by atoms with Crippen molar-refractivity contribution in [3.63, 3.8) is 0 Å². The van der Waals surface area contributed by atoms with Gasteiger partial charge in [-0.1, -0.05) is 18.2 Å². The molecule has 2 aromatic carbocycles. The van der Waals surface area contributed by atoms with Gasteiger partial charge in [0.25, 0.3) is 0 Å². The van der Waals surface area contributed by atoms with Gasteiger partial charge >= 0.3 is 0 Å². The van der Waals surface area contributed by atoms with Crippen molar-refractivity contribution >= 4 is 26.6 Å². The number of sulfonamides is 1. The molecule has 158 valence electrons. The van der Waals surface area contributed by atoms with Crippen molar-refractivity contribution in [3.05, 3.63) is 53.3 Å². The van der Waals surface area contributed by atoms with E-state index < -0.39 is 10.0 Å².